The summed E-state index contributed by atoms with van der Waals surface area (Å²) in [6, 6.07) is 0. The average molecular weight is 333 g/mol. The molecule has 128 valence electrons. The monoisotopic (exact) mass is 333 g/mol. The minimum Gasteiger partial charge on any atom is -0.444 e. The van der Waals surface area contributed by atoms with E-state index in [4.69, 9.17) is 4.74 Å². The molecule has 0 aliphatic carbocycles. The highest BCUT2D eigenvalue weighted by atomic mass is 16.6. The van der Waals surface area contributed by atoms with Gasteiger partial charge in [0.25, 0.3) is 5.91 Å². The number of anilines is 1. The van der Waals surface area contributed by atoms with Crippen molar-refractivity contribution in [3.05, 3.63) is 23.3 Å². The molecule has 2 aromatic rings. The lowest BCUT2D eigenvalue weighted by molar-refractivity contribution is 0.0222. The normalized spacial score (nSPS) is 14.2. The number of ether oxygens (including phenoxy) is 1. The average Bonchev–Trinajstić information content (AvgIpc) is 3.13. The SMILES string of the molecule is CC(C)(C)OC(=O)N1CCc2[nH]nc(C(=O)Nc3ncn[nH]3)c2C1. The first kappa shape index (κ1) is 16.0. The summed E-state index contributed by atoms with van der Waals surface area (Å²) in [4.78, 5) is 30.0. The van der Waals surface area contributed by atoms with Crippen LogP contribution in [0.25, 0.3) is 0 Å². The zero-order chi connectivity index (χ0) is 17.3. The summed E-state index contributed by atoms with van der Waals surface area (Å²) in [7, 11) is 0. The highest BCUT2D eigenvalue weighted by molar-refractivity contribution is 6.03. The molecule has 0 bridgehead atoms. The number of nitrogens with one attached hydrogen (secondary N) is 3. The van der Waals surface area contributed by atoms with Gasteiger partial charge in [0.05, 0.1) is 6.54 Å². The molecule has 3 N–H and O–H groups in total. The Morgan fingerprint density at radius 1 is 1.33 bits per heavy atom. The van der Waals surface area contributed by atoms with Crippen LogP contribution in [0.3, 0.4) is 0 Å². The van der Waals surface area contributed by atoms with Crippen molar-refractivity contribution >= 4 is 17.9 Å². The van der Waals surface area contributed by atoms with Crippen molar-refractivity contribution in [3.63, 3.8) is 0 Å². The van der Waals surface area contributed by atoms with E-state index in [9.17, 15) is 9.59 Å². The molecule has 10 heteroatoms. The number of aromatic amines is 2. The third-order valence-corrected chi connectivity index (χ3v) is 3.45. The van der Waals surface area contributed by atoms with Crippen LogP contribution in [0, 0.1) is 0 Å². The summed E-state index contributed by atoms with van der Waals surface area (Å²) in [5.41, 5.74) is 1.19. The predicted molar refractivity (Wildman–Crippen MR) is 83.3 cm³/mol. The van der Waals surface area contributed by atoms with E-state index in [0.717, 1.165) is 5.69 Å². The minimum atomic E-state index is -0.569. The molecule has 1 aliphatic heterocycles. The van der Waals surface area contributed by atoms with E-state index in [1.807, 2.05) is 20.8 Å². The molecule has 0 saturated carbocycles. The Bertz CT molecular complexity index is 745. The molecule has 0 radical (unpaired) electrons. The Balaban J connectivity index is 1.75. The van der Waals surface area contributed by atoms with Gasteiger partial charge in [-0.2, -0.15) is 15.2 Å². The maximum Gasteiger partial charge on any atom is 0.410 e. The van der Waals surface area contributed by atoms with Crippen molar-refractivity contribution in [1.82, 2.24) is 30.3 Å². The molecular formula is C14H19N7O3. The van der Waals surface area contributed by atoms with Crippen molar-refractivity contribution in [3.8, 4) is 0 Å². The summed E-state index contributed by atoms with van der Waals surface area (Å²) < 4.78 is 5.39. The van der Waals surface area contributed by atoms with E-state index in [1.165, 1.54) is 6.33 Å². The molecule has 0 atom stereocenters. The van der Waals surface area contributed by atoms with Gasteiger partial charge >= 0.3 is 6.09 Å². The number of carbonyl (C=O) groups excluding carboxylic acids is 2. The van der Waals surface area contributed by atoms with Crippen molar-refractivity contribution in [2.24, 2.45) is 0 Å². The molecule has 0 spiro atoms. The van der Waals surface area contributed by atoms with E-state index in [0.29, 0.717) is 18.5 Å². The smallest absolute Gasteiger partial charge is 0.410 e. The van der Waals surface area contributed by atoms with Crippen LogP contribution in [0.1, 0.15) is 42.5 Å². The fraction of sp³-hybridized carbons (Fsp3) is 0.500. The number of rotatable bonds is 2. The van der Waals surface area contributed by atoms with Gasteiger partial charge in [-0.15, -0.1) is 0 Å². The number of carbonyl (C=O) groups is 2. The van der Waals surface area contributed by atoms with Crippen LogP contribution in [0.2, 0.25) is 0 Å². The standard InChI is InChI=1S/C14H19N7O3/c1-14(2,3)24-13(23)21-5-4-9-8(6-21)10(19-18-9)11(22)17-12-15-7-16-20-12/h7H,4-6H2,1-3H3,(H,18,19)(H2,15,16,17,20,22). The second-order valence-corrected chi connectivity index (χ2v) is 6.47. The zero-order valence-corrected chi connectivity index (χ0v) is 13.7. The first-order chi connectivity index (χ1) is 11.3. The van der Waals surface area contributed by atoms with Crippen LogP contribution < -0.4 is 5.32 Å². The molecule has 3 rings (SSSR count). The zero-order valence-electron chi connectivity index (χ0n) is 13.7. The van der Waals surface area contributed by atoms with Gasteiger partial charge in [0.15, 0.2) is 5.69 Å². The Labute approximate surface area is 138 Å². The highest BCUT2D eigenvalue weighted by Gasteiger charge is 2.30. The highest BCUT2D eigenvalue weighted by Crippen LogP contribution is 2.22. The van der Waals surface area contributed by atoms with Crippen molar-refractivity contribution in [1.29, 1.82) is 0 Å². The van der Waals surface area contributed by atoms with Gasteiger partial charge in [-0.1, -0.05) is 0 Å². The Morgan fingerprint density at radius 3 is 2.79 bits per heavy atom. The molecule has 0 saturated heterocycles. The predicted octanol–water partition coefficient (Wildman–Crippen LogP) is 1.07. The Hall–Kier alpha value is -2.91. The molecule has 0 aromatic carbocycles. The first-order valence-corrected chi connectivity index (χ1v) is 7.54. The second-order valence-electron chi connectivity index (χ2n) is 6.47. The van der Waals surface area contributed by atoms with Crippen LogP contribution >= 0.6 is 0 Å². The van der Waals surface area contributed by atoms with E-state index in [-0.39, 0.29) is 18.2 Å². The van der Waals surface area contributed by atoms with Crippen LogP contribution in [-0.2, 0) is 17.7 Å². The fourth-order valence-corrected chi connectivity index (χ4v) is 2.40. The van der Waals surface area contributed by atoms with Gasteiger partial charge in [0, 0.05) is 24.2 Å². The van der Waals surface area contributed by atoms with Crippen LogP contribution in [0.15, 0.2) is 6.33 Å². The lowest BCUT2D eigenvalue weighted by Crippen LogP contribution is -2.40. The van der Waals surface area contributed by atoms with Crippen LogP contribution in [0.5, 0.6) is 0 Å². The van der Waals surface area contributed by atoms with Gasteiger partial charge in [-0.05, 0) is 20.8 Å². The quantitative estimate of drug-likeness (QED) is 0.754. The van der Waals surface area contributed by atoms with E-state index >= 15 is 0 Å². The third kappa shape index (κ3) is 3.36. The number of aromatic nitrogens is 5. The van der Waals surface area contributed by atoms with Gasteiger partial charge in [0.2, 0.25) is 5.95 Å². The van der Waals surface area contributed by atoms with Gasteiger partial charge in [0.1, 0.15) is 11.9 Å². The Kier molecular flexibility index (Phi) is 3.96. The maximum absolute atomic E-state index is 12.3. The molecule has 3 heterocycles. The molecule has 0 fully saturated rings. The van der Waals surface area contributed by atoms with E-state index in [2.05, 4.69) is 30.7 Å². The number of fused-ring (bicyclic) bond motifs is 1. The number of amides is 2. The van der Waals surface area contributed by atoms with E-state index < -0.39 is 17.6 Å². The van der Waals surface area contributed by atoms with Crippen molar-refractivity contribution in [2.45, 2.75) is 39.3 Å². The number of hydrogen-bond donors (Lipinski definition) is 3. The maximum atomic E-state index is 12.3. The number of nitrogens with zero attached hydrogens (tertiary/aromatic N) is 4. The minimum absolute atomic E-state index is 0.231. The summed E-state index contributed by atoms with van der Waals surface area (Å²) in [6.45, 7) is 6.21. The summed E-state index contributed by atoms with van der Waals surface area (Å²) >= 11 is 0. The second kappa shape index (κ2) is 5.95. The Morgan fingerprint density at radius 2 is 2.12 bits per heavy atom. The summed E-state index contributed by atoms with van der Waals surface area (Å²) in [6.07, 6.45) is 1.47. The van der Waals surface area contributed by atoms with Crippen LogP contribution in [-0.4, -0.2) is 54.4 Å². The summed E-state index contributed by atoms with van der Waals surface area (Å²) in [5, 5.41) is 15.7. The topological polar surface area (TPSA) is 129 Å². The molecule has 2 aromatic heterocycles. The van der Waals surface area contributed by atoms with Gasteiger partial charge < -0.3 is 9.64 Å². The van der Waals surface area contributed by atoms with Crippen molar-refractivity contribution in [2.75, 3.05) is 11.9 Å². The largest absolute Gasteiger partial charge is 0.444 e. The molecule has 10 nitrogen and oxygen atoms in total. The lowest BCUT2D eigenvalue weighted by atomic mass is 10.1. The number of hydrogen-bond acceptors (Lipinski definition) is 6. The van der Waals surface area contributed by atoms with Gasteiger partial charge in [-0.25, -0.2) is 9.89 Å². The number of H-pyrrole nitrogens is 2. The molecular weight excluding hydrogens is 314 g/mol. The van der Waals surface area contributed by atoms with Gasteiger partial charge in [-0.3, -0.25) is 15.2 Å². The van der Waals surface area contributed by atoms with Crippen molar-refractivity contribution < 1.29 is 14.3 Å². The summed E-state index contributed by atoms with van der Waals surface area (Å²) in [5.74, 6) is -0.188. The van der Waals surface area contributed by atoms with E-state index in [1.54, 1.807) is 4.90 Å². The lowest BCUT2D eigenvalue weighted by Gasteiger charge is -2.30. The third-order valence-electron chi connectivity index (χ3n) is 3.45. The molecule has 0 unspecified atom stereocenters. The molecule has 24 heavy (non-hydrogen) atoms. The molecule has 2 amide bonds. The fourth-order valence-electron chi connectivity index (χ4n) is 2.40. The molecule has 1 aliphatic rings. The van der Waals surface area contributed by atoms with Crippen LogP contribution in [0.4, 0.5) is 10.7 Å². The first-order valence-electron chi connectivity index (χ1n) is 7.54.